The summed E-state index contributed by atoms with van der Waals surface area (Å²) in [6, 6.07) is 3.79. The summed E-state index contributed by atoms with van der Waals surface area (Å²) in [4.78, 5) is 8.95. The minimum absolute atomic E-state index is 0.591. The second-order valence-corrected chi connectivity index (χ2v) is 4.86. The van der Waals surface area contributed by atoms with Crippen LogP contribution < -0.4 is 10.2 Å². The van der Waals surface area contributed by atoms with Crippen LogP contribution >= 0.6 is 0 Å². The largest absolute Gasteiger partial charge is 0.467 e. The molecule has 0 saturated carbocycles. The zero-order valence-electron chi connectivity index (χ0n) is 11.5. The highest BCUT2D eigenvalue weighted by Crippen LogP contribution is 2.12. The van der Waals surface area contributed by atoms with Crippen molar-refractivity contribution in [2.45, 2.75) is 6.54 Å². The number of hydrogen-bond donors (Lipinski definition) is 1. The molecule has 0 radical (unpaired) electrons. The van der Waals surface area contributed by atoms with Crippen molar-refractivity contribution >= 4 is 11.8 Å². The molecule has 1 aliphatic rings. The molecular weight excluding hydrogens is 256 g/mol. The summed E-state index contributed by atoms with van der Waals surface area (Å²) in [6.45, 7) is 4.49. The van der Waals surface area contributed by atoms with E-state index in [1.165, 1.54) is 0 Å². The summed E-state index contributed by atoms with van der Waals surface area (Å²) in [6.07, 6.45) is 3.29. The highest BCUT2D eigenvalue weighted by atomic mass is 16.3. The Hall–Kier alpha value is -2.15. The quantitative estimate of drug-likeness (QED) is 0.885. The molecule has 1 fully saturated rings. The first kappa shape index (κ1) is 12.9. The van der Waals surface area contributed by atoms with Gasteiger partial charge in [0.15, 0.2) is 5.82 Å². The van der Waals surface area contributed by atoms with Gasteiger partial charge in [-0.05, 0) is 19.2 Å². The molecule has 106 valence electrons. The van der Waals surface area contributed by atoms with Crippen LogP contribution in [-0.4, -0.2) is 53.3 Å². The van der Waals surface area contributed by atoms with Crippen LogP contribution in [0.1, 0.15) is 5.76 Å². The fourth-order valence-electron chi connectivity index (χ4n) is 2.11. The van der Waals surface area contributed by atoms with E-state index < -0.39 is 0 Å². The lowest BCUT2D eigenvalue weighted by atomic mass is 10.3. The third-order valence-electron chi connectivity index (χ3n) is 3.36. The normalized spacial score (nSPS) is 16.4. The number of piperazine rings is 1. The summed E-state index contributed by atoms with van der Waals surface area (Å²) in [5.74, 6) is 2.26. The van der Waals surface area contributed by atoms with Crippen LogP contribution in [0.2, 0.25) is 0 Å². The number of anilines is 2. The molecule has 0 atom stereocenters. The zero-order chi connectivity index (χ0) is 13.8. The Balaban J connectivity index is 1.63. The zero-order valence-corrected chi connectivity index (χ0v) is 11.5. The number of aromatic nitrogens is 3. The van der Waals surface area contributed by atoms with Crippen molar-refractivity contribution in [1.29, 1.82) is 0 Å². The number of nitrogens with zero attached hydrogens (tertiary/aromatic N) is 5. The van der Waals surface area contributed by atoms with Crippen LogP contribution in [0.5, 0.6) is 0 Å². The van der Waals surface area contributed by atoms with Gasteiger partial charge in [0.1, 0.15) is 5.76 Å². The van der Waals surface area contributed by atoms with Gasteiger partial charge in [-0.3, -0.25) is 0 Å². The van der Waals surface area contributed by atoms with E-state index in [1.54, 1.807) is 12.5 Å². The minimum Gasteiger partial charge on any atom is -0.467 e. The molecule has 2 aromatic rings. The lowest BCUT2D eigenvalue weighted by Crippen LogP contribution is -2.45. The van der Waals surface area contributed by atoms with Crippen LogP contribution in [-0.2, 0) is 6.54 Å². The molecule has 1 N–H and O–H groups in total. The maximum Gasteiger partial charge on any atom is 0.247 e. The first-order valence-corrected chi connectivity index (χ1v) is 6.71. The Morgan fingerprint density at radius 2 is 2.15 bits per heavy atom. The van der Waals surface area contributed by atoms with Gasteiger partial charge >= 0.3 is 0 Å². The van der Waals surface area contributed by atoms with Crippen molar-refractivity contribution in [3.05, 3.63) is 30.4 Å². The second kappa shape index (κ2) is 5.87. The summed E-state index contributed by atoms with van der Waals surface area (Å²) < 4.78 is 5.27. The Morgan fingerprint density at radius 3 is 2.90 bits per heavy atom. The van der Waals surface area contributed by atoms with Crippen molar-refractivity contribution in [1.82, 2.24) is 20.1 Å². The van der Waals surface area contributed by atoms with E-state index >= 15 is 0 Å². The van der Waals surface area contributed by atoms with E-state index in [1.807, 2.05) is 12.1 Å². The molecule has 0 unspecified atom stereocenters. The fourth-order valence-corrected chi connectivity index (χ4v) is 2.11. The van der Waals surface area contributed by atoms with Gasteiger partial charge in [-0.15, -0.1) is 5.10 Å². The molecule has 7 nitrogen and oxygen atoms in total. The summed E-state index contributed by atoms with van der Waals surface area (Å²) in [7, 11) is 2.12. The Labute approximate surface area is 117 Å². The van der Waals surface area contributed by atoms with Gasteiger partial charge in [0.2, 0.25) is 5.95 Å². The lowest BCUT2D eigenvalue weighted by Gasteiger charge is -2.32. The molecule has 7 heteroatoms. The molecular formula is C13H18N6O. The van der Waals surface area contributed by atoms with E-state index in [2.05, 4.69) is 37.3 Å². The topological polar surface area (TPSA) is 70.3 Å². The molecule has 0 bridgehead atoms. The van der Waals surface area contributed by atoms with Crippen molar-refractivity contribution in [3.8, 4) is 0 Å². The summed E-state index contributed by atoms with van der Waals surface area (Å²) in [5, 5.41) is 11.3. The molecule has 0 amide bonds. The van der Waals surface area contributed by atoms with E-state index in [4.69, 9.17) is 4.42 Å². The average Bonchev–Trinajstić information content (AvgIpc) is 3.00. The SMILES string of the molecule is CN1CCN(c2nncc(NCc3ccco3)n2)CC1. The number of hydrogen-bond acceptors (Lipinski definition) is 7. The third-order valence-corrected chi connectivity index (χ3v) is 3.36. The summed E-state index contributed by atoms with van der Waals surface area (Å²) >= 11 is 0. The average molecular weight is 274 g/mol. The predicted molar refractivity (Wildman–Crippen MR) is 75.6 cm³/mol. The molecule has 1 saturated heterocycles. The Kier molecular flexibility index (Phi) is 3.78. The number of nitrogens with one attached hydrogen (secondary N) is 1. The standard InChI is InChI=1S/C13H18N6O/c1-18-4-6-19(7-5-18)13-16-12(10-15-17-13)14-9-11-3-2-8-20-11/h2-3,8,10H,4-7,9H2,1H3,(H,14,16,17). The van der Waals surface area contributed by atoms with Crippen molar-refractivity contribution in [3.63, 3.8) is 0 Å². The first-order valence-electron chi connectivity index (χ1n) is 6.71. The second-order valence-electron chi connectivity index (χ2n) is 4.86. The van der Waals surface area contributed by atoms with Gasteiger partial charge < -0.3 is 19.5 Å². The van der Waals surface area contributed by atoms with Crippen LogP contribution in [0.3, 0.4) is 0 Å². The van der Waals surface area contributed by atoms with Crippen LogP contribution in [0.25, 0.3) is 0 Å². The Morgan fingerprint density at radius 1 is 1.30 bits per heavy atom. The molecule has 0 spiro atoms. The molecule has 1 aliphatic heterocycles. The van der Waals surface area contributed by atoms with Crippen molar-refractivity contribution in [2.24, 2.45) is 0 Å². The molecule has 2 aromatic heterocycles. The Bertz CT molecular complexity index is 536. The van der Waals surface area contributed by atoms with Gasteiger partial charge in [0.05, 0.1) is 19.0 Å². The first-order chi connectivity index (χ1) is 9.81. The third kappa shape index (κ3) is 3.05. The molecule has 3 rings (SSSR count). The monoisotopic (exact) mass is 274 g/mol. The fraction of sp³-hybridized carbons (Fsp3) is 0.462. The van der Waals surface area contributed by atoms with Crippen molar-refractivity contribution < 1.29 is 4.42 Å². The highest BCUT2D eigenvalue weighted by molar-refractivity contribution is 5.39. The number of likely N-dealkylation sites (N-methyl/N-ethyl adjacent to an activating group) is 1. The number of furan rings is 1. The van der Waals surface area contributed by atoms with Crippen LogP contribution in [0.15, 0.2) is 29.0 Å². The van der Waals surface area contributed by atoms with Gasteiger partial charge in [-0.2, -0.15) is 10.1 Å². The summed E-state index contributed by atoms with van der Waals surface area (Å²) in [5.41, 5.74) is 0. The van der Waals surface area contributed by atoms with Crippen LogP contribution in [0, 0.1) is 0 Å². The van der Waals surface area contributed by atoms with Crippen molar-refractivity contribution in [2.75, 3.05) is 43.4 Å². The van der Waals surface area contributed by atoms with E-state index in [0.717, 1.165) is 31.9 Å². The van der Waals surface area contributed by atoms with Crippen LogP contribution in [0.4, 0.5) is 11.8 Å². The molecule has 0 aromatic carbocycles. The predicted octanol–water partition coefficient (Wildman–Crippen LogP) is 0.828. The molecule has 20 heavy (non-hydrogen) atoms. The smallest absolute Gasteiger partial charge is 0.247 e. The van der Waals surface area contributed by atoms with Gasteiger partial charge in [0, 0.05) is 26.2 Å². The molecule has 3 heterocycles. The van der Waals surface area contributed by atoms with Gasteiger partial charge in [0.25, 0.3) is 0 Å². The van der Waals surface area contributed by atoms with Gasteiger partial charge in [-0.1, -0.05) is 0 Å². The number of rotatable bonds is 4. The van der Waals surface area contributed by atoms with E-state index in [0.29, 0.717) is 18.3 Å². The molecule has 0 aliphatic carbocycles. The van der Waals surface area contributed by atoms with Gasteiger partial charge in [-0.25, -0.2) is 0 Å². The lowest BCUT2D eigenvalue weighted by molar-refractivity contribution is 0.311. The maximum atomic E-state index is 5.27. The van der Waals surface area contributed by atoms with E-state index in [9.17, 15) is 0 Å². The minimum atomic E-state index is 0.591. The van der Waals surface area contributed by atoms with E-state index in [-0.39, 0.29) is 0 Å². The highest BCUT2D eigenvalue weighted by Gasteiger charge is 2.17. The maximum absolute atomic E-state index is 5.27.